The maximum Gasteiger partial charge on any atom is 0.311 e. The summed E-state index contributed by atoms with van der Waals surface area (Å²) in [4.78, 5) is 23.6. The van der Waals surface area contributed by atoms with Gasteiger partial charge in [0.25, 0.3) is 5.91 Å². The number of rotatable bonds is 4. The highest BCUT2D eigenvalue weighted by Crippen LogP contribution is 2.30. The zero-order valence-corrected chi connectivity index (χ0v) is 11.8. The Morgan fingerprint density at radius 2 is 2.05 bits per heavy atom. The van der Waals surface area contributed by atoms with Gasteiger partial charge in [0.15, 0.2) is 0 Å². The molecule has 1 amide bonds. The fourth-order valence-electron chi connectivity index (χ4n) is 2.41. The van der Waals surface area contributed by atoms with Crippen molar-refractivity contribution in [2.75, 3.05) is 19.8 Å². The summed E-state index contributed by atoms with van der Waals surface area (Å²) in [5.74, 6) is -1.11. The third-order valence-electron chi connectivity index (χ3n) is 4.10. The van der Waals surface area contributed by atoms with Crippen molar-refractivity contribution in [2.45, 2.75) is 19.8 Å². The lowest BCUT2D eigenvalue weighted by Gasteiger charge is -2.33. The quantitative estimate of drug-likeness (QED) is 0.860. The lowest BCUT2D eigenvalue weighted by molar-refractivity contribution is -0.154. The van der Waals surface area contributed by atoms with Crippen LogP contribution in [-0.2, 0) is 16.6 Å². The predicted octanol–water partition coefficient (Wildman–Crippen LogP) is 0.945. The monoisotopic (exact) mass is 280 g/mol. The summed E-state index contributed by atoms with van der Waals surface area (Å²) in [7, 11) is 1.81. The number of aryl methyl sites for hydroxylation is 1. The Morgan fingerprint density at radius 3 is 2.55 bits per heavy atom. The molecular formula is C14H20N2O4. The molecule has 1 aromatic rings. The Morgan fingerprint density at radius 1 is 1.40 bits per heavy atom. The van der Waals surface area contributed by atoms with E-state index in [4.69, 9.17) is 4.74 Å². The minimum atomic E-state index is -0.909. The lowest BCUT2D eigenvalue weighted by atomic mass is 9.80. The number of hydrogen-bond donors (Lipinski definition) is 2. The minimum Gasteiger partial charge on any atom is -0.481 e. The van der Waals surface area contributed by atoms with Gasteiger partial charge in [-0.3, -0.25) is 9.59 Å². The Balaban J connectivity index is 2.04. The zero-order valence-electron chi connectivity index (χ0n) is 11.8. The van der Waals surface area contributed by atoms with Crippen LogP contribution in [0.4, 0.5) is 0 Å². The van der Waals surface area contributed by atoms with Crippen molar-refractivity contribution < 1.29 is 19.4 Å². The van der Waals surface area contributed by atoms with E-state index in [0.717, 1.165) is 5.69 Å². The van der Waals surface area contributed by atoms with E-state index in [1.165, 1.54) is 0 Å². The summed E-state index contributed by atoms with van der Waals surface area (Å²) < 4.78 is 6.99. The van der Waals surface area contributed by atoms with Crippen LogP contribution >= 0.6 is 0 Å². The van der Waals surface area contributed by atoms with Gasteiger partial charge in [-0.05, 0) is 31.9 Å². The molecule has 6 nitrogen and oxygen atoms in total. The van der Waals surface area contributed by atoms with Gasteiger partial charge in [0.05, 0.1) is 5.41 Å². The molecule has 1 fully saturated rings. The molecule has 0 radical (unpaired) electrons. The third-order valence-corrected chi connectivity index (χ3v) is 4.10. The first-order valence-corrected chi connectivity index (χ1v) is 6.68. The van der Waals surface area contributed by atoms with E-state index < -0.39 is 11.4 Å². The zero-order chi connectivity index (χ0) is 14.8. The first-order chi connectivity index (χ1) is 9.46. The van der Waals surface area contributed by atoms with Crippen LogP contribution in [0.1, 0.15) is 29.0 Å². The fraction of sp³-hybridized carbons (Fsp3) is 0.571. The third kappa shape index (κ3) is 2.70. The average Bonchev–Trinajstić information content (AvgIpc) is 2.77. The topological polar surface area (TPSA) is 80.6 Å². The molecule has 0 bridgehead atoms. The van der Waals surface area contributed by atoms with Gasteiger partial charge >= 0.3 is 5.97 Å². The van der Waals surface area contributed by atoms with Crippen molar-refractivity contribution in [3.8, 4) is 0 Å². The van der Waals surface area contributed by atoms with Gasteiger partial charge < -0.3 is 19.7 Å². The fourth-order valence-corrected chi connectivity index (χ4v) is 2.41. The molecule has 6 heteroatoms. The van der Waals surface area contributed by atoms with Gasteiger partial charge in [-0.2, -0.15) is 0 Å². The highest BCUT2D eigenvalue weighted by atomic mass is 16.5. The number of carboxylic acid groups (broad SMARTS) is 1. The first kappa shape index (κ1) is 14.6. The molecule has 0 saturated carbocycles. The summed E-state index contributed by atoms with van der Waals surface area (Å²) in [5.41, 5.74) is 0.609. The number of nitrogens with zero attached hydrogens (tertiary/aromatic N) is 1. The summed E-state index contributed by atoms with van der Waals surface area (Å²) in [6.45, 7) is 2.89. The molecule has 2 heterocycles. The number of hydrogen-bond acceptors (Lipinski definition) is 3. The number of aliphatic carboxylic acids is 1. The maximum atomic E-state index is 12.1. The molecule has 2 rings (SSSR count). The van der Waals surface area contributed by atoms with Gasteiger partial charge in [-0.25, -0.2) is 0 Å². The van der Waals surface area contributed by atoms with Crippen LogP contribution in [0.3, 0.4) is 0 Å². The molecule has 2 N–H and O–H groups in total. The predicted molar refractivity (Wildman–Crippen MR) is 72.6 cm³/mol. The second-order valence-electron chi connectivity index (χ2n) is 5.30. The van der Waals surface area contributed by atoms with Crippen LogP contribution in [-0.4, -0.2) is 41.3 Å². The summed E-state index contributed by atoms with van der Waals surface area (Å²) in [5, 5.41) is 12.2. The molecule has 0 aliphatic carbocycles. The van der Waals surface area contributed by atoms with Crippen LogP contribution in [0.5, 0.6) is 0 Å². The highest BCUT2D eigenvalue weighted by molar-refractivity contribution is 5.93. The number of carbonyl (C=O) groups excluding carboxylic acids is 1. The molecule has 0 aromatic carbocycles. The first-order valence-electron chi connectivity index (χ1n) is 6.68. The van der Waals surface area contributed by atoms with Crippen molar-refractivity contribution in [1.29, 1.82) is 0 Å². The summed E-state index contributed by atoms with van der Waals surface area (Å²) in [6, 6.07) is 3.60. The molecule has 0 atom stereocenters. The van der Waals surface area contributed by atoms with Gasteiger partial charge in [0, 0.05) is 32.5 Å². The van der Waals surface area contributed by atoms with Crippen molar-refractivity contribution in [3.05, 3.63) is 23.5 Å². The van der Waals surface area contributed by atoms with Gasteiger partial charge in [-0.15, -0.1) is 0 Å². The SMILES string of the molecule is Cc1ccc(C(=O)NCC2(C(=O)O)CCOCC2)n1C. The van der Waals surface area contributed by atoms with Crippen LogP contribution in [0.2, 0.25) is 0 Å². The molecule has 20 heavy (non-hydrogen) atoms. The highest BCUT2D eigenvalue weighted by Gasteiger charge is 2.40. The second kappa shape index (κ2) is 5.66. The Kier molecular flexibility index (Phi) is 4.13. The van der Waals surface area contributed by atoms with E-state index in [1.54, 1.807) is 10.6 Å². The largest absolute Gasteiger partial charge is 0.481 e. The molecular weight excluding hydrogens is 260 g/mol. The molecule has 0 unspecified atom stereocenters. The van der Waals surface area contributed by atoms with Crippen LogP contribution < -0.4 is 5.32 Å². The number of aromatic nitrogens is 1. The Bertz CT molecular complexity index is 515. The van der Waals surface area contributed by atoms with Crippen LogP contribution in [0.25, 0.3) is 0 Å². The van der Waals surface area contributed by atoms with Crippen molar-refractivity contribution >= 4 is 11.9 Å². The molecule has 1 aromatic heterocycles. The standard InChI is InChI=1S/C14H20N2O4/c1-10-3-4-11(16(10)2)12(17)15-9-14(13(18)19)5-7-20-8-6-14/h3-4H,5-9H2,1-2H3,(H,15,17)(H,18,19). The van der Waals surface area contributed by atoms with E-state index >= 15 is 0 Å². The van der Waals surface area contributed by atoms with Gasteiger partial charge in [0.1, 0.15) is 5.69 Å². The molecule has 0 spiro atoms. The Hall–Kier alpha value is -1.82. The Labute approximate surface area is 117 Å². The summed E-state index contributed by atoms with van der Waals surface area (Å²) >= 11 is 0. The molecule has 110 valence electrons. The number of ether oxygens (including phenoxy) is 1. The maximum absolute atomic E-state index is 12.1. The van der Waals surface area contributed by atoms with Crippen molar-refractivity contribution in [2.24, 2.45) is 12.5 Å². The lowest BCUT2D eigenvalue weighted by Crippen LogP contribution is -2.46. The van der Waals surface area contributed by atoms with Crippen LogP contribution in [0, 0.1) is 12.3 Å². The van der Waals surface area contributed by atoms with Gasteiger partial charge in [-0.1, -0.05) is 0 Å². The van der Waals surface area contributed by atoms with Crippen molar-refractivity contribution in [3.63, 3.8) is 0 Å². The van der Waals surface area contributed by atoms with Crippen molar-refractivity contribution in [1.82, 2.24) is 9.88 Å². The van der Waals surface area contributed by atoms with E-state index in [-0.39, 0.29) is 12.5 Å². The number of carbonyl (C=O) groups is 2. The molecule has 1 saturated heterocycles. The number of carboxylic acids is 1. The number of amides is 1. The van der Waals surface area contributed by atoms with Crippen LogP contribution in [0.15, 0.2) is 12.1 Å². The van der Waals surface area contributed by atoms with Gasteiger partial charge in [0.2, 0.25) is 0 Å². The minimum absolute atomic E-state index is 0.134. The average molecular weight is 280 g/mol. The second-order valence-corrected chi connectivity index (χ2v) is 5.30. The van der Waals surface area contributed by atoms with E-state index in [2.05, 4.69) is 5.32 Å². The van der Waals surface area contributed by atoms with E-state index in [1.807, 2.05) is 20.0 Å². The molecule has 1 aliphatic heterocycles. The smallest absolute Gasteiger partial charge is 0.311 e. The summed E-state index contributed by atoms with van der Waals surface area (Å²) in [6.07, 6.45) is 0.851. The van der Waals surface area contributed by atoms with E-state index in [9.17, 15) is 14.7 Å². The number of nitrogens with one attached hydrogen (secondary N) is 1. The van der Waals surface area contributed by atoms with E-state index in [0.29, 0.717) is 31.7 Å². The normalized spacial score (nSPS) is 17.7. The molecule has 1 aliphatic rings.